The predicted molar refractivity (Wildman–Crippen MR) is 97.0 cm³/mol. The Hall–Kier alpha value is -2.15. The Morgan fingerprint density at radius 1 is 1.24 bits per heavy atom. The molecule has 1 amide bonds. The summed E-state index contributed by atoms with van der Waals surface area (Å²) < 4.78 is 5.88. The Kier molecular flexibility index (Phi) is 5.86. The number of nitrogen functional groups attached to an aromatic ring is 1. The van der Waals surface area contributed by atoms with Gasteiger partial charge in [0.25, 0.3) is 5.91 Å². The molecule has 0 spiro atoms. The predicted octanol–water partition coefficient (Wildman–Crippen LogP) is 1.61. The molecule has 136 valence electrons. The molecule has 1 aliphatic carbocycles. The highest BCUT2D eigenvalue weighted by Gasteiger charge is 2.21. The van der Waals surface area contributed by atoms with Gasteiger partial charge in [0, 0.05) is 24.2 Å². The molecule has 1 atom stereocenters. The average molecular weight is 345 g/mol. The summed E-state index contributed by atoms with van der Waals surface area (Å²) >= 11 is 0. The number of nitrogens with zero attached hydrogens (tertiary/aromatic N) is 1. The molecule has 1 aromatic heterocycles. The molecular weight excluding hydrogens is 318 g/mol. The number of hydrogen-bond acceptors (Lipinski definition) is 6. The molecule has 0 aromatic carbocycles. The quantitative estimate of drug-likeness (QED) is 0.606. The number of rotatable bonds is 5. The molecule has 0 bridgehead atoms. The molecule has 1 aromatic rings. The van der Waals surface area contributed by atoms with Gasteiger partial charge in [0.05, 0.1) is 0 Å². The van der Waals surface area contributed by atoms with E-state index in [1.54, 1.807) is 12.1 Å². The number of nitrogens with one attached hydrogen (secondary N) is 3. The molecule has 2 fully saturated rings. The zero-order valence-corrected chi connectivity index (χ0v) is 14.5. The molecule has 1 aliphatic heterocycles. The number of carbonyl (C=O) groups excluding carboxylic acids is 1. The highest BCUT2D eigenvalue weighted by atomic mass is 16.5. The summed E-state index contributed by atoms with van der Waals surface area (Å²) in [5.74, 6) is 0.219. The number of piperidine rings is 1. The smallest absolute Gasteiger partial charge is 0.270 e. The first-order chi connectivity index (χ1) is 12.1. The van der Waals surface area contributed by atoms with Crippen LogP contribution in [0.4, 0.5) is 5.82 Å². The Morgan fingerprint density at radius 3 is 2.72 bits per heavy atom. The molecule has 1 saturated heterocycles. The van der Waals surface area contributed by atoms with Gasteiger partial charge in [0.1, 0.15) is 17.6 Å². The highest BCUT2D eigenvalue weighted by molar-refractivity contribution is 6.45. The van der Waals surface area contributed by atoms with Crippen molar-refractivity contribution in [3.05, 3.63) is 17.7 Å². The first kappa shape index (κ1) is 17.7. The summed E-state index contributed by atoms with van der Waals surface area (Å²) in [5, 5.41) is 14.2. The van der Waals surface area contributed by atoms with Crippen molar-refractivity contribution in [1.29, 1.82) is 5.41 Å². The third kappa shape index (κ3) is 4.69. The standard InChI is InChI=1S/C18H27N5O2/c19-16(18(24)22-12-5-4-10-21-11-12)14-8-9-15(23-17(14)20)25-13-6-2-1-3-7-13/h8-9,12-13,19,21H,1-7,10-11H2,(H2,20,23)(H,22,24). The number of pyridine rings is 1. The second-order valence-electron chi connectivity index (χ2n) is 6.85. The molecule has 7 nitrogen and oxygen atoms in total. The van der Waals surface area contributed by atoms with E-state index in [1.807, 2.05) is 0 Å². The van der Waals surface area contributed by atoms with Gasteiger partial charge >= 0.3 is 0 Å². The van der Waals surface area contributed by atoms with Gasteiger partial charge in [-0.2, -0.15) is 4.98 Å². The van der Waals surface area contributed by atoms with Crippen LogP contribution in [0.5, 0.6) is 5.88 Å². The summed E-state index contributed by atoms with van der Waals surface area (Å²) in [5.41, 5.74) is 6.17. The van der Waals surface area contributed by atoms with Crippen molar-refractivity contribution in [2.45, 2.75) is 57.1 Å². The number of nitrogens with two attached hydrogens (primary N) is 1. The summed E-state index contributed by atoms with van der Waals surface area (Å²) in [6.45, 7) is 1.71. The highest BCUT2D eigenvalue weighted by Crippen LogP contribution is 2.23. The zero-order valence-electron chi connectivity index (χ0n) is 14.5. The summed E-state index contributed by atoms with van der Waals surface area (Å²) in [4.78, 5) is 16.5. The first-order valence-corrected chi connectivity index (χ1v) is 9.17. The van der Waals surface area contributed by atoms with E-state index in [2.05, 4.69) is 15.6 Å². The van der Waals surface area contributed by atoms with Crippen LogP contribution in [0.25, 0.3) is 0 Å². The molecule has 1 unspecified atom stereocenters. The molecule has 0 radical (unpaired) electrons. The number of ether oxygens (including phenoxy) is 1. The van der Waals surface area contributed by atoms with E-state index < -0.39 is 5.91 Å². The summed E-state index contributed by atoms with van der Waals surface area (Å²) in [6.07, 6.45) is 7.83. The van der Waals surface area contributed by atoms with Crippen molar-refractivity contribution in [3.8, 4) is 5.88 Å². The van der Waals surface area contributed by atoms with Gasteiger partial charge in [-0.25, -0.2) is 0 Å². The maximum Gasteiger partial charge on any atom is 0.270 e. The van der Waals surface area contributed by atoms with E-state index in [4.69, 9.17) is 15.9 Å². The lowest BCUT2D eigenvalue weighted by Gasteiger charge is -2.24. The van der Waals surface area contributed by atoms with Crippen LogP contribution in [0.1, 0.15) is 50.5 Å². The second-order valence-corrected chi connectivity index (χ2v) is 6.85. The Balaban J connectivity index is 1.60. The maximum absolute atomic E-state index is 12.3. The van der Waals surface area contributed by atoms with Crippen molar-refractivity contribution >= 4 is 17.4 Å². The summed E-state index contributed by atoms with van der Waals surface area (Å²) in [7, 11) is 0. The summed E-state index contributed by atoms with van der Waals surface area (Å²) in [6, 6.07) is 3.41. The Morgan fingerprint density at radius 2 is 2.04 bits per heavy atom. The van der Waals surface area contributed by atoms with Crippen molar-refractivity contribution in [2.75, 3.05) is 18.8 Å². The fourth-order valence-corrected chi connectivity index (χ4v) is 3.44. The van der Waals surface area contributed by atoms with Gasteiger partial charge in [-0.1, -0.05) is 6.42 Å². The molecule has 2 heterocycles. The molecule has 5 N–H and O–H groups in total. The average Bonchev–Trinajstić information content (AvgIpc) is 2.63. The lowest BCUT2D eigenvalue weighted by atomic mass is 9.98. The Labute approximate surface area is 148 Å². The topological polar surface area (TPSA) is 113 Å². The fourth-order valence-electron chi connectivity index (χ4n) is 3.44. The van der Waals surface area contributed by atoms with Gasteiger partial charge < -0.3 is 21.1 Å². The lowest BCUT2D eigenvalue weighted by molar-refractivity contribution is -0.115. The number of carbonyl (C=O) groups is 1. The van der Waals surface area contributed by atoms with E-state index >= 15 is 0 Å². The normalized spacial score (nSPS) is 21.5. The molecule has 2 aliphatic rings. The largest absolute Gasteiger partial charge is 0.474 e. The minimum atomic E-state index is -0.414. The molecule has 25 heavy (non-hydrogen) atoms. The number of amides is 1. The maximum atomic E-state index is 12.3. The molecule has 7 heteroatoms. The number of anilines is 1. The van der Waals surface area contributed by atoms with Gasteiger partial charge in [0.2, 0.25) is 5.88 Å². The monoisotopic (exact) mass is 345 g/mol. The number of hydrogen-bond donors (Lipinski definition) is 4. The van der Waals surface area contributed by atoms with Gasteiger partial charge in [-0.05, 0) is 51.1 Å². The minimum Gasteiger partial charge on any atom is -0.474 e. The second kappa shape index (κ2) is 8.29. The minimum absolute atomic E-state index is 0.0599. The van der Waals surface area contributed by atoms with Gasteiger partial charge in [-0.3, -0.25) is 10.2 Å². The first-order valence-electron chi connectivity index (χ1n) is 9.17. The van der Waals surface area contributed by atoms with Crippen molar-refractivity contribution in [3.63, 3.8) is 0 Å². The third-order valence-electron chi connectivity index (χ3n) is 4.87. The van der Waals surface area contributed by atoms with E-state index in [1.165, 1.54) is 19.3 Å². The van der Waals surface area contributed by atoms with Crippen molar-refractivity contribution in [2.24, 2.45) is 0 Å². The van der Waals surface area contributed by atoms with Crippen molar-refractivity contribution < 1.29 is 9.53 Å². The SMILES string of the molecule is N=C(C(=O)NC1CCCNC1)c1ccc(OC2CCCCC2)nc1N. The van der Waals surface area contributed by atoms with E-state index in [-0.39, 0.29) is 23.7 Å². The van der Waals surface area contributed by atoms with E-state index in [0.717, 1.165) is 38.8 Å². The van der Waals surface area contributed by atoms with E-state index in [0.29, 0.717) is 11.4 Å². The van der Waals surface area contributed by atoms with Crippen molar-refractivity contribution in [1.82, 2.24) is 15.6 Å². The zero-order chi connectivity index (χ0) is 17.6. The molecule has 1 saturated carbocycles. The van der Waals surface area contributed by atoms with E-state index in [9.17, 15) is 4.79 Å². The fraction of sp³-hybridized carbons (Fsp3) is 0.611. The van der Waals surface area contributed by atoms with Crippen LogP contribution in [0, 0.1) is 5.41 Å². The van der Waals surface area contributed by atoms with Gasteiger partial charge in [0.15, 0.2) is 0 Å². The Bertz CT molecular complexity index is 622. The van der Waals surface area contributed by atoms with Crippen LogP contribution in [0.2, 0.25) is 0 Å². The van der Waals surface area contributed by atoms with Crippen LogP contribution >= 0.6 is 0 Å². The molecule has 3 rings (SSSR count). The van der Waals surface area contributed by atoms with Crippen LogP contribution < -0.4 is 21.1 Å². The number of aromatic nitrogens is 1. The van der Waals surface area contributed by atoms with Gasteiger partial charge in [-0.15, -0.1) is 0 Å². The van der Waals surface area contributed by atoms with Crippen LogP contribution in [-0.2, 0) is 4.79 Å². The van der Waals surface area contributed by atoms with Crippen LogP contribution in [0.3, 0.4) is 0 Å². The van der Waals surface area contributed by atoms with Crippen LogP contribution in [0.15, 0.2) is 12.1 Å². The third-order valence-corrected chi connectivity index (χ3v) is 4.87. The lowest BCUT2D eigenvalue weighted by Crippen LogP contribution is -2.47. The molecular formula is C18H27N5O2. The van der Waals surface area contributed by atoms with Crippen LogP contribution in [-0.4, -0.2) is 41.8 Å².